The molecule has 0 N–H and O–H groups in total. The summed E-state index contributed by atoms with van der Waals surface area (Å²) in [6, 6.07) is 0. The highest BCUT2D eigenvalue weighted by Crippen LogP contribution is 2.60. The van der Waals surface area contributed by atoms with Crippen LogP contribution in [0.2, 0.25) is 0 Å². The maximum absolute atomic E-state index is 13.0. The van der Waals surface area contributed by atoms with Gasteiger partial charge in [-0.2, -0.15) is 57.1 Å². The molecule has 23 heavy (non-hydrogen) atoms. The molecule has 0 saturated heterocycles. The van der Waals surface area contributed by atoms with Gasteiger partial charge in [-0.05, 0) is 6.08 Å². The Morgan fingerprint density at radius 2 is 0.870 bits per heavy atom. The van der Waals surface area contributed by atoms with Crippen LogP contribution < -0.4 is 0 Å². The Kier molecular flexibility index (Phi) is 5.23. The van der Waals surface area contributed by atoms with Gasteiger partial charge in [0.05, 0.1) is 0 Å². The van der Waals surface area contributed by atoms with Gasteiger partial charge in [-0.25, -0.2) is 0 Å². The maximum Gasteiger partial charge on any atom is 0.460 e. The van der Waals surface area contributed by atoms with Gasteiger partial charge in [-0.15, -0.1) is 0 Å². The van der Waals surface area contributed by atoms with Gasteiger partial charge in [0.1, 0.15) is 0 Å². The molecule has 0 aliphatic heterocycles. The molecule has 0 aliphatic rings. The molecule has 136 valence electrons. The van der Waals surface area contributed by atoms with Crippen LogP contribution in [0.4, 0.5) is 57.1 Å². The van der Waals surface area contributed by atoms with Crippen molar-refractivity contribution < 1.29 is 57.1 Å². The van der Waals surface area contributed by atoms with Crippen LogP contribution in [-0.2, 0) is 0 Å². The number of rotatable bonds is 6. The topological polar surface area (TPSA) is 0 Å². The first-order valence-corrected chi connectivity index (χ1v) is 5.07. The molecule has 0 fully saturated rings. The molecular weight excluding hydrogens is 367 g/mol. The first kappa shape index (κ1) is 21.6. The number of alkyl halides is 13. The zero-order valence-corrected chi connectivity index (χ0v) is 10.4. The van der Waals surface area contributed by atoms with Crippen molar-refractivity contribution in [3.8, 4) is 0 Å². The van der Waals surface area contributed by atoms with E-state index in [1.807, 2.05) is 0 Å². The summed E-state index contributed by atoms with van der Waals surface area (Å²) in [5.41, 5.74) is 0. The molecule has 0 heterocycles. The van der Waals surface area contributed by atoms with Crippen molar-refractivity contribution in [3.05, 3.63) is 24.8 Å². The molecule has 0 unspecified atom stereocenters. The van der Waals surface area contributed by atoms with Crippen LogP contribution in [0.5, 0.6) is 0 Å². The Labute approximate surface area is 119 Å². The molecule has 0 amide bonds. The van der Waals surface area contributed by atoms with Gasteiger partial charge < -0.3 is 0 Å². The average Bonchev–Trinajstić information content (AvgIpc) is 2.34. The van der Waals surface area contributed by atoms with Crippen LogP contribution >= 0.6 is 0 Å². The lowest BCUT2D eigenvalue weighted by atomic mass is 9.94. The molecule has 0 rings (SSSR count). The highest BCUT2D eigenvalue weighted by Gasteiger charge is 2.90. The minimum Gasteiger partial charge on any atom is -0.195 e. The lowest BCUT2D eigenvalue weighted by molar-refractivity contribution is -0.436. The van der Waals surface area contributed by atoms with Crippen LogP contribution in [0.25, 0.3) is 0 Å². The summed E-state index contributed by atoms with van der Waals surface area (Å²) >= 11 is 0. The van der Waals surface area contributed by atoms with Crippen LogP contribution in [0.15, 0.2) is 24.8 Å². The molecule has 0 aromatic heterocycles. The smallest absolute Gasteiger partial charge is 0.195 e. The molecule has 0 aromatic rings. The summed E-state index contributed by atoms with van der Waals surface area (Å²) in [5.74, 6) is -36.8. The summed E-state index contributed by atoms with van der Waals surface area (Å²) in [4.78, 5) is 0. The van der Waals surface area contributed by atoms with E-state index in [0.717, 1.165) is 0 Å². The van der Waals surface area contributed by atoms with Crippen molar-refractivity contribution in [2.75, 3.05) is 0 Å². The van der Waals surface area contributed by atoms with Gasteiger partial charge >= 0.3 is 35.8 Å². The average molecular weight is 372 g/mol. The highest BCUT2D eigenvalue weighted by molar-refractivity contribution is 5.16. The molecular formula is C10H5F13. The Hall–Kier alpha value is -1.43. The van der Waals surface area contributed by atoms with Crippen molar-refractivity contribution in [1.82, 2.24) is 0 Å². The molecule has 0 bridgehead atoms. The maximum atomic E-state index is 13.0. The third-order valence-electron chi connectivity index (χ3n) is 2.40. The zero-order valence-electron chi connectivity index (χ0n) is 10.4. The summed E-state index contributed by atoms with van der Waals surface area (Å²) < 4.78 is 163. The van der Waals surface area contributed by atoms with Gasteiger partial charge in [0.15, 0.2) is 0 Å². The molecule has 0 aromatic carbocycles. The lowest BCUT2D eigenvalue weighted by Crippen LogP contribution is -2.69. The summed E-state index contributed by atoms with van der Waals surface area (Å²) in [6.07, 6.45) is -8.31. The van der Waals surface area contributed by atoms with Gasteiger partial charge in [0, 0.05) is 0 Å². The van der Waals surface area contributed by atoms with E-state index in [9.17, 15) is 57.1 Å². The predicted molar refractivity (Wildman–Crippen MR) is 50.1 cm³/mol. The molecule has 0 radical (unpaired) electrons. The first-order chi connectivity index (χ1) is 9.81. The fourth-order valence-corrected chi connectivity index (χ4v) is 1.08. The van der Waals surface area contributed by atoms with E-state index in [1.165, 1.54) is 0 Å². The fourth-order valence-electron chi connectivity index (χ4n) is 1.08. The molecule has 0 saturated carbocycles. The van der Waals surface area contributed by atoms with Crippen LogP contribution in [0.1, 0.15) is 0 Å². The van der Waals surface area contributed by atoms with Crippen LogP contribution in [0.3, 0.4) is 0 Å². The SMILES string of the molecule is C=CC=CC(F)(F)C(F)(F)C(F)(F)C(F)(F)C(F)(F)C(F)(F)F. The van der Waals surface area contributed by atoms with E-state index < -0.39 is 41.9 Å². The third kappa shape index (κ3) is 3.01. The summed E-state index contributed by atoms with van der Waals surface area (Å²) in [7, 11) is 0. The lowest BCUT2D eigenvalue weighted by Gasteiger charge is -2.39. The van der Waals surface area contributed by atoms with E-state index >= 15 is 0 Å². The standard InChI is InChI=1S/C10H5F13/c1-2-3-4-5(11,12)6(13,14)7(15,16)8(17,18)9(19,20)10(21,22)23/h2-4H,1H2. The largest absolute Gasteiger partial charge is 0.460 e. The summed E-state index contributed by atoms with van der Waals surface area (Å²) in [6.45, 7) is 2.66. The van der Waals surface area contributed by atoms with Crippen LogP contribution in [-0.4, -0.2) is 35.8 Å². The van der Waals surface area contributed by atoms with E-state index in [4.69, 9.17) is 0 Å². The number of hydrogen-bond acceptors (Lipinski definition) is 0. The minimum absolute atomic E-state index is 0.121. The Balaban J connectivity index is 6.24. The summed E-state index contributed by atoms with van der Waals surface area (Å²) in [5, 5.41) is 0. The number of allylic oxidation sites excluding steroid dienone is 3. The van der Waals surface area contributed by atoms with Gasteiger partial charge in [-0.1, -0.05) is 18.7 Å². The minimum atomic E-state index is -7.87. The van der Waals surface area contributed by atoms with Gasteiger partial charge in [-0.3, -0.25) is 0 Å². The van der Waals surface area contributed by atoms with Crippen molar-refractivity contribution in [3.63, 3.8) is 0 Å². The number of halogens is 13. The quantitative estimate of drug-likeness (QED) is 0.429. The Morgan fingerprint density at radius 1 is 0.522 bits per heavy atom. The molecule has 13 heteroatoms. The third-order valence-corrected chi connectivity index (χ3v) is 2.40. The second-order valence-corrected chi connectivity index (χ2v) is 4.01. The van der Waals surface area contributed by atoms with Crippen molar-refractivity contribution in [2.45, 2.75) is 35.8 Å². The monoisotopic (exact) mass is 372 g/mol. The molecule has 0 aliphatic carbocycles. The second kappa shape index (κ2) is 5.58. The molecule has 0 nitrogen and oxygen atoms in total. The Morgan fingerprint density at radius 3 is 1.17 bits per heavy atom. The van der Waals surface area contributed by atoms with E-state index in [2.05, 4.69) is 6.58 Å². The fraction of sp³-hybridized carbons (Fsp3) is 0.600. The van der Waals surface area contributed by atoms with Gasteiger partial charge in [0.2, 0.25) is 0 Å². The van der Waals surface area contributed by atoms with Crippen molar-refractivity contribution >= 4 is 0 Å². The molecule has 0 atom stereocenters. The second-order valence-electron chi connectivity index (χ2n) is 4.01. The molecule has 0 spiro atoms. The van der Waals surface area contributed by atoms with Gasteiger partial charge in [0.25, 0.3) is 0 Å². The van der Waals surface area contributed by atoms with E-state index in [1.54, 1.807) is 0 Å². The van der Waals surface area contributed by atoms with E-state index in [0.29, 0.717) is 6.08 Å². The zero-order chi connectivity index (χ0) is 19.1. The first-order valence-electron chi connectivity index (χ1n) is 5.07. The highest BCUT2D eigenvalue weighted by atomic mass is 19.4. The van der Waals surface area contributed by atoms with E-state index in [-0.39, 0.29) is 6.08 Å². The van der Waals surface area contributed by atoms with Crippen molar-refractivity contribution in [1.29, 1.82) is 0 Å². The number of hydrogen-bond donors (Lipinski definition) is 0. The van der Waals surface area contributed by atoms with Crippen LogP contribution in [0, 0.1) is 0 Å². The predicted octanol–water partition coefficient (Wildman–Crippen LogP) is 5.47. The normalized spacial score (nSPS) is 16.0. The van der Waals surface area contributed by atoms with Crippen molar-refractivity contribution in [2.24, 2.45) is 0 Å². The Bertz CT molecular complexity index is 468.